The Kier molecular flexibility index (Phi) is 3.85. The van der Waals surface area contributed by atoms with Gasteiger partial charge in [0.1, 0.15) is 11.0 Å². The zero-order valence-corrected chi connectivity index (χ0v) is 8.58. The van der Waals surface area contributed by atoms with Gasteiger partial charge in [0.15, 0.2) is 0 Å². The summed E-state index contributed by atoms with van der Waals surface area (Å²) in [5.41, 5.74) is 5.53. The summed E-state index contributed by atoms with van der Waals surface area (Å²) in [6.07, 6.45) is 0.590. The Morgan fingerprint density at radius 2 is 2.43 bits per heavy atom. The molecule has 1 amide bonds. The van der Waals surface area contributed by atoms with E-state index in [4.69, 9.17) is 17.3 Å². The summed E-state index contributed by atoms with van der Waals surface area (Å²) in [7, 11) is 0. The van der Waals surface area contributed by atoms with Crippen LogP contribution in [0.2, 0.25) is 5.15 Å². The number of hydrogen-bond donors (Lipinski definition) is 2. The fourth-order valence-corrected chi connectivity index (χ4v) is 1.05. The largest absolute Gasteiger partial charge is 0.320 e. The highest BCUT2D eigenvalue weighted by atomic mass is 35.5. The third-order valence-electron chi connectivity index (χ3n) is 1.74. The molecule has 0 aromatic carbocycles. The molecule has 1 aromatic rings. The van der Waals surface area contributed by atoms with E-state index in [2.05, 4.69) is 10.3 Å². The number of rotatable bonds is 3. The molecule has 1 unspecified atom stereocenters. The van der Waals surface area contributed by atoms with E-state index in [0.717, 1.165) is 0 Å². The average Bonchev–Trinajstić information content (AvgIpc) is 2.16. The lowest BCUT2D eigenvalue weighted by atomic mass is 10.2. The number of aromatic nitrogens is 1. The zero-order chi connectivity index (χ0) is 10.6. The van der Waals surface area contributed by atoms with Gasteiger partial charge in [0, 0.05) is 0 Å². The summed E-state index contributed by atoms with van der Waals surface area (Å²) in [5.74, 6) is 0.175. The Hall–Kier alpha value is -1.13. The Labute approximate surface area is 87.5 Å². The molecule has 0 radical (unpaired) electrons. The quantitative estimate of drug-likeness (QED) is 0.746. The van der Waals surface area contributed by atoms with Crippen LogP contribution in [0, 0.1) is 0 Å². The van der Waals surface area contributed by atoms with Crippen molar-refractivity contribution in [3.63, 3.8) is 0 Å². The minimum Gasteiger partial charge on any atom is -0.320 e. The molecule has 76 valence electrons. The molecule has 0 saturated heterocycles. The van der Waals surface area contributed by atoms with Crippen molar-refractivity contribution >= 4 is 23.3 Å². The molecule has 1 aromatic heterocycles. The van der Waals surface area contributed by atoms with Crippen LogP contribution in [0.5, 0.6) is 0 Å². The van der Waals surface area contributed by atoms with E-state index in [-0.39, 0.29) is 5.91 Å². The first-order chi connectivity index (χ1) is 6.63. The predicted molar refractivity (Wildman–Crippen MR) is 56.1 cm³/mol. The lowest BCUT2D eigenvalue weighted by Gasteiger charge is -2.08. The van der Waals surface area contributed by atoms with Crippen molar-refractivity contribution < 1.29 is 4.79 Å². The third kappa shape index (κ3) is 2.97. The van der Waals surface area contributed by atoms with Gasteiger partial charge in [-0.2, -0.15) is 0 Å². The van der Waals surface area contributed by atoms with Gasteiger partial charge < -0.3 is 11.1 Å². The fourth-order valence-electron chi connectivity index (χ4n) is 0.882. The van der Waals surface area contributed by atoms with Crippen molar-refractivity contribution in [2.24, 2.45) is 5.73 Å². The van der Waals surface area contributed by atoms with Gasteiger partial charge in [-0.3, -0.25) is 4.79 Å². The number of anilines is 1. The van der Waals surface area contributed by atoms with Gasteiger partial charge in [-0.15, -0.1) is 0 Å². The van der Waals surface area contributed by atoms with E-state index in [9.17, 15) is 4.79 Å². The normalized spacial score (nSPS) is 12.2. The second-order valence-corrected chi connectivity index (χ2v) is 3.24. The van der Waals surface area contributed by atoms with Gasteiger partial charge in [0.05, 0.1) is 6.04 Å². The van der Waals surface area contributed by atoms with Gasteiger partial charge in [-0.05, 0) is 18.6 Å². The molecule has 4 nitrogen and oxygen atoms in total. The van der Waals surface area contributed by atoms with E-state index < -0.39 is 6.04 Å². The second kappa shape index (κ2) is 4.93. The molecule has 0 spiro atoms. The third-order valence-corrected chi connectivity index (χ3v) is 1.95. The van der Waals surface area contributed by atoms with Crippen LogP contribution in [-0.4, -0.2) is 16.9 Å². The van der Waals surface area contributed by atoms with Crippen LogP contribution in [0.25, 0.3) is 0 Å². The number of nitrogens with two attached hydrogens (primary N) is 1. The lowest BCUT2D eigenvalue weighted by Crippen LogP contribution is -2.35. The topological polar surface area (TPSA) is 68.0 Å². The summed E-state index contributed by atoms with van der Waals surface area (Å²) in [6, 6.07) is 4.50. The monoisotopic (exact) mass is 213 g/mol. The molecule has 1 rings (SSSR count). The number of halogens is 1. The number of nitrogens with one attached hydrogen (secondary N) is 1. The van der Waals surface area contributed by atoms with E-state index in [1.54, 1.807) is 18.2 Å². The van der Waals surface area contributed by atoms with Crippen molar-refractivity contribution in [1.82, 2.24) is 4.98 Å². The summed E-state index contributed by atoms with van der Waals surface area (Å²) >= 11 is 5.65. The van der Waals surface area contributed by atoms with Crippen molar-refractivity contribution in [3.05, 3.63) is 23.4 Å². The average molecular weight is 214 g/mol. The van der Waals surface area contributed by atoms with Crippen molar-refractivity contribution in [1.29, 1.82) is 0 Å². The maximum absolute atomic E-state index is 11.3. The summed E-state index contributed by atoms with van der Waals surface area (Å²) in [6.45, 7) is 1.84. The molecule has 0 aliphatic rings. The minimum atomic E-state index is -0.504. The van der Waals surface area contributed by atoms with Gasteiger partial charge in [0.2, 0.25) is 5.91 Å². The molecular weight excluding hydrogens is 202 g/mol. The standard InChI is InChI=1S/C9H12ClN3O/c1-2-6(11)9(14)13-8-5-3-4-7(10)12-8/h3-6H,2,11H2,1H3,(H,12,13,14). The van der Waals surface area contributed by atoms with Gasteiger partial charge >= 0.3 is 0 Å². The van der Waals surface area contributed by atoms with Gasteiger partial charge in [-0.1, -0.05) is 24.6 Å². The number of amides is 1. The lowest BCUT2D eigenvalue weighted by molar-refractivity contribution is -0.117. The highest BCUT2D eigenvalue weighted by Crippen LogP contribution is 2.09. The van der Waals surface area contributed by atoms with E-state index >= 15 is 0 Å². The number of carbonyl (C=O) groups excluding carboxylic acids is 1. The molecule has 0 aliphatic carbocycles. The van der Waals surface area contributed by atoms with Crippen molar-refractivity contribution in [2.45, 2.75) is 19.4 Å². The molecule has 14 heavy (non-hydrogen) atoms. The molecule has 1 atom stereocenters. The number of carbonyl (C=O) groups is 1. The van der Waals surface area contributed by atoms with Crippen molar-refractivity contribution in [3.8, 4) is 0 Å². The molecule has 0 bridgehead atoms. The Bertz CT molecular complexity index is 330. The summed E-state index contributed by atoms with van der Waals surface area (Å²) in [5, 5.41) is 2.91. The van der Waals surface area contributed by atoms with Crippen LogP contribution in [-0.2, 0) is 4.79 Å². The van der Waals surface area contributed by atoms with Crippen LogP contribution in [0.15, 0.2) is 18.2 Å². The minimum absolute atomic E-state index is 0.248. The van der Waals surface area contributed by atoms with Crippen LogP contribution >= 0.6 is 11.6 Å². The summed E-state index contributed by atoms with van der Waals surface area (Å²) < 4.78 is 0. The highest BCUT2D eigenvalue weighted by Gasteiger charge is 2.11. The summed E-state index contributed by atoms with van der Waals surface area (Å²) in [4.78, 5) is 15.2. The molecule has 5 heteroatoms. The molecule has 0 saturated carbocycles. The Morgan fingerprint density at radius 3 is 3.00 bits per heavy atom. The Balaban J connectivity index is 2.65. The van der Waals surface area contributed by atoms with E-state index in [1.165, 1.54) is 0 Å². The molecule has 3 N–H and O–H groups in total. The van der Waals surface area contributed by atoms with Crippen LogP contribution < -0.4 is 11.1 Å². The zero-order valence-electron chi connectivity index (χ0n) is 7.83. The van der Waals surface area contributed by atoms with Gasteiger partial charge in [-0.25, -0.2) is 4.98 Å². The van der Waals surface area contributed by atoms with E-state index in [1.807, 2.05) is 6.92 Å². The first-order valence-corrected chi connectivity index (χ1v) is 4.70. The van der Waals surface area contributed by atoms with E-state index in [0.29, 0.717) is 17.4 Å². The SMILES string of the molecule is CCC(N)C(=O)Nc1cccc(Cl)n1. The molecule has 0 fully saturated rings. The van der Waals surface area contributed by atoms with Crippen LogP contribution in [0.4, 0.5) is 5.82 Å². The molecule has 0 aliphatic heterocycles. The number of hydrogen-bond acceptors (Lipinski definition) is 3. The first kappa shape index (κ1) is 10.9. The fraction of sp³-hybridized carbons (Fsp3) is 0.333. The maximum atomic E-state index is 11.3. The van der Waals surface area contributed by atoms with Crippen LogP contribution in [0.1, 0.15) is 13.3 Å². The van der Waals surface area contributed by atoms with Crippen molar-refractivity contribution in [2.75, 3.05) is 5.32 Å². The second-order valence-electron chi connectivity index (χ2n) is 2.85. The number of pyridine rings is 1. The predicted octanol–water partition coefficient (Wildman–Crippen LogP) is 1.41. The first-order valence-electron chi connectivity index (χ1n) is 4.32. The maximum Gasteiger partial charge on any atom is 0.242 e. The number of nitrogens with zero attached hydrogens (tertiary/aromatic N) is 1. The molecule has 1 heterocycles. The van der Waals surface area contributed by atoms with Gasteiger partial charge in [0.25, 0.3) is 0 Å². The smallest absolute Gasteiger partial charge is 0.242 e. The Morgan fingerprint density at radius 1 is 1.71 bits per heavy atom. The van der Waals surface area contributed by atoms with Crippen LogP contribution in [0.3, 0.4) is 0 Å². The highest BCUT2D eigenvalue weighted by molar-refractivity contribution is 6.29. The molecular formula is C9H12ClN3O.